The Bertz CT molecular complexity index is 1360. The summed E-state index contributed by atoms with van der Waals surface area (Å²) in [7, 11) is 0. The molecule has 2 aromatic heterocycles. The summed E-state index contributed by atoms with van der Waals surface area (Å²) in [5.41, 5.74) is 5.08. The number of fused-ring (bicyclic) bond motifs is 5. The van der Waals surface area contributed by atoms with Gasteiger partial charge in [0.2, 0.25) is 0 Å². The van der Waals surface area contributed by atoms with Gasteiger partial charge in [0.25, 0.3) is 5.56 Å². The van der Waals surface area contributed by atoms with Crippen molar-refractivity contribution in [2.24, 2.45) is 0 Å². The van der Waals surface area contributed by atoms with E-state index in [1.807, 2.05) is 66.9 Å². The topological polar surface area (TPSA) is 26.4 Å². The fourth-order valence-corrected chi connectivity index (χ4v) is 4.05. The second kappa shape index (κ2) is 7.01. The minimum Gasteiger partial charge on any atom is -0.298 e. The van der Waals surface area contributed by atoms with E-state index < -0.39 is 0 Å². The molecular formula is C25H24N2O. The molecule has 5 rings (SSSR count). The summed E-state index contributed by atoms with van der Waals surface area (Å²) in [5.74, 6) is 0. The first-order valence-corrected chi connectivity index (χ1v) is 9.78. The number of para-hydroxylation sites is 2. The molecule has 0 N–H and O–H groups in total. The van der Waals surface area contributed by atoms with Gasteiger partial charge in [-0.2, -0.15) is 0 Å². The molecule has 0 bridgehead atoms. The number of hydrogen-bond donors (Lipinski definition) is 0. The highest BCUT2D eigenvalue weighted by Gasteiger charge is 2.19. The standard InChI is InChI=1S/C23H18N2O.C2H6/c1-15-9-8-14-20-21(15)24-16(2)18-12-6-7-13-19(18)22(24)25(23(20)26)17-10-4-3-5-11-17;1-2/h3-14H,1-2H3;1-2H3. The van der Waals surface area contributed by atoms with Gasteiger partial charge in [-0.15, -0.1) is 0 Å². The van der Waals surface area contributed by atoms with Gasteiger partial charge in [-0.3, -0.25) is 13.8 Å². The highest BCUT2D eigenvalue weighted by Crippen LogP contribution is 2.31. The summed E-state index contributed by atoms with van der Waals surface area (Å²) < 4.78 is 4.08. The first kappa shape index (κ1) is 18.1. The Morgan fingerprint density at radius 3 is 2.00 bits per heavy atom. The number of benzene rings is 3. The van der Waals surface area contributed by atoms with E-state index in [4.69, 9.17) is 0 Å². The van der Waals surface area contributed by atoms with Crippen molar-refractivity contribution < 1.29 is 0 Å². The van der Waals surface area contributed by atoms with Crippen molar-refractivity contribution in [3.8, 4) is 5.69 Å². The third kappa shape index (κ3) is 2.47. The van der Waals surface area contributed by atoms with Crippen LogP contribution in [0.5, 0.6) is 0 Å². The van der Waals surface area contributed by atoms with E-state index in [-0.39, 0.29) is 5.56 Å². The lowest BCUT2D eigenvalue weighted by atomic mass is 10.1. The van der Waals surface area contributed by atoms with Crippen molar-refractivity contribution in [1.29, 1.82) is 0 Å². The third-order valence-electron chi connectivity index (χ3n) is 5.23. The predicted octanol–water partition coefficient (Wildman–Crippen LogP) is 6.04. The lowest BCUT2D eigenvalue weighted by Crippen LogP contribution is -2.21. The lowest BCUT2D eigenvalue weighted by molar-refractivity contribution is 0.987. The molecule has 0 aliphatic carbocycles. The molecule has 0 saturated carbocycles. The molecule has 28 heavy (non-hydrogen) atoms. The van der Waals surface area contributed by atoms with Gasteiger partial charge in [-0.1, -0.05) is 68.4 Å². The van der Waals surface area contributed by atoms with Crippen LogP contribution in [0.1, 0.15) is 25.1 Å². The Balaban J connectivity index is 0.000000932. The van der Waals surface area contributed by atoms with Gasteiger partial charge in [0.15, 0.2) is 0 Å². The second-order valence-electron chi connectivity index (χ2n) is 6.74. The van der Waals surface area contributed by atoms with E-state index >= 15 is 0 Å². The molecule has 0 radical (unpaired) electrons. The molecule has 3 heteroatoms. The molecule has 0 saturated heterocycles. The Morgan fingerprint density at radius 1 is 0.679 bits per heavy atom. The van der Waals surface area contributed by atoms with Crippen molar-refractivity contribution in [1.82, 2.24) is 8.97 Å². The second-order valence-corrected chi connectivity index (χ2v) is 6.74. The maximum Gasteiger partial charge on any atom is 0.266 e. The summed E-state index contributed by atoms with van der Waals surface area (Å²) in [6.45, 7) is 8.19. The van der Waals surface area contributed by atoms with Crippen LogP contribution in [0.4, 0.5) is 0 Å². The molecular weight excluding hydrogens is 344 g/mol. The van der Waals surface area contributed by atoms with Crippen molar-refractivity contribution in [2.75, 3.05) is 0 Å². The minimum absolute atomic E-state index is 0.0191. The quantitative estimate of drug-likeness (QED) is 0.354. The van der Waals surface area contributed by atoms with Crippen LogP contribution in [-0.4, -0.2) is 8.97 Å². The first-order chi connectivity index (χ1) is 13.7. The number of aromatic nitrogens is 2. The SMILES string of the molecule is CC.Cc1cccc2c(=O)n(-c3ccccc3)c3c4ccccc4c(C)n3c12. The maximum atomic E-state index is 13.5. The van der Waals surface area contributed by atoms with Gasteiger partial charge in [-0.05, 0) is 37.6 Å². The Morgan fingerprint density at radius 2 is 1.29 bits per heavy atom. The lowest BCUT2D eigenvalue weighted by Gasteiger charge is -2.14. The molecule has 3 nitrogen and oxygen atoms in total. The largest absolute Gasteiger partial charge is 0.298 e. The fourth-order valence-electron chi connectivity index (χ4n) is 4.05. The minimum atomic E-state index is 0.0191. The van der Waals surface area contributed by atoms with Gasteiger partial charge in [0.1, 0.15) is 5.65 Å². The smallest absolute Gasteiger partial charge is 0.266 e. The summed E-state index contributed by atoms with van der Waals surface area (Å²) >= 11 is 0. The molecule has 0 spiro atoms. The maximum absolute atomic E-state index is 13.5. The predicted molar refractivity (Wildman–Crippen MR) is 119 cm³/mol. The van der Waals surface area contributed by atoms with Crippen LogP contribution < -0.4 is 5.56 Å². The number of hydrogen-bond acceptors (Lipinski definition) is 1. The average Bonchev–Trinajstić information content (AvgIpc) is 3.03. The van der Waals surface area contributed by atoms with Crippen LogP contribution in [-0.2, 0) is 0 Å². The van der Waals surface area contributed by atoms with Crippen LogP contribution in [0.15, 0.2) is 77.6 Å². The number of aryl methyl sites for hydroxylation is 2. The van der Waals surface area contributed by atoms with E-state index in [9.17, 15) is 4.79 Å². The van der Waals surface area contributed by atoms with E-state index in [2.05, 4.69) is 42.5 Å². The van der Waals surface area contributed by atoms with Gasteiger partial charge in [0, 0.05) is 16.5 Å². The van der Waals surface area contributed by atoms with Crippen LogP contribution in [0.25, 0.3) is 33.0 Å². The number of rotatable bonds is 1. The molecule has 0 fully saturated rings. The molecule has 0 aliphatic heterocycles. The first-order valence-electron chi connectivity index (χ1n) is 9.78. The number of nitrogens with zero attached hydrogens (tertiary/aromatic N) is 2. The van der Waals surface area contributed by atoms with Crippen molar-refractivity contribution in [3.05, 3.63) is 94.4 Å². The van der Waals surface area contributed by atoms with E-state index in [0.29, 0.717) is 0 Å². The molecule has 0 atom stereocenters. The molecule has 140 valence electrons. The summed E-state index contributed by atoms with van der Waals surface area (Å²) in [6, 6.07) is 24.1. The molecule has 2 heterocycles. The van der Waals surface area contributed by atoms with Crippen LogP contribution in [0.2, 0.25) is 0 Å². The highest BCUT2D eigenvalue weighted by atomic mass is 16.1. The van der Waals surface area contributed by atoms with Crippen LogP contribution in [0, 0.1) is 13.8 Å². The zero-order valence-electron chi connectivity index (χ0n) is 16.7. The molecule has 0 amide bonds. The Labute approximate surface area is 164 Å². The summed E-state index contributed by atoms with van der Waals surface area (Å²) in [4.78, 5) is 13.5. The van der Waals surface area contributed by atoms with E-state index in [0.717, 1.165) is 38.9 Å². The van der Waals surface area contributed by atoms with Crippen molar-refractivity contribution >= 4 is 27.3 Å². The fraction of sp³-hybridized carbons (Fsp3) is 0.160. The van der Waals surface area contributed by atoms with Gasteiger partial charge >= 0.3 is 0 Å². The van der Waals surface area contributed by atoms with Crippen molar-refractivity contribution in [2.45, 2.75) is 27.7 Å². The molecule has 0 unspecified atom stereocenters. The van der Waals surface area contributed by atoms with Crippen molar-refractivity contribution in [3.63, 3.8) is 0 Å². The van der Waals surface area contributed by atoms with E-state index in [1.54, 1.807) is 0 Å². The summed E-state index contributed by atoms with van der Waals surface area (Å²) in [5, 5.41) is 3.01. The Hall–Kier alpha value is -3.33. The molecule has 3 aromatic carbocycles. The normalized spacial score (nSPS) is 11.0. The average molecular weight is 368 g/mol. The molecule has 0 aliphatic rings. The van der Waals surface area contributed by atoms with Crippen LogP contribution in [0.3, 0.4) is 0 Å². The zero-order valence-corrected chi connectivity index (χ0v) is 16.7. The van der Waals surface area contributed by atoms with Gasteiger partial charge < -0.3 is 0 Å². The van der Waals surface area contributed by atoms with Crippen LogP contribution >= 0.6 is 0 Å². The monoisotopic (exact) mass is 368 g/mol. The van der Waals surface area contributed by atoms with Gasteiger partial charge in [-0.25, -0.2) is 0 Å². The Kier molecular flexibility index (Phi) is 4.52. The molecule has 5 aromatic rings. The summed E-state index contributed by atoms with van der Waals surface area (Å²) in [6.07, 6.45) is 0. The zero-order chi connectivity index (χ0) is 19.8. The highest BCUT2D eigenvalue weighted by molar-refractivity contribution is 6.02. The van der Waals surface area contributed by atoms with E-state index in [1.165, 1.54) is 5.39 Å². The van der Waals surface area contributed by atoms with Gasteiger partial charge in [0.05, 0.1) is 16.6 Å². The third-order valence-corrected chi connectivity index (χ3v) is 5.23.